The number of nitrogens with zero attached hydrogens (tertiary/aromatic N) is 3. The minimum absolute atomic E-state index is 0.303. The van der Waals surface area contributed by atoms with Crippen LogP contribution in [0.1, 0.15) is 10.4 Å². The minimum Gasteiger partial charge on any atom is -0.393 e. The molecular formula is C20H15BrN6OS. The first-order valence-electron chi connectivity index (χ1n) is 8.56. The molecule has 7 nitrogen and oxygen atoms in total. The molecule has 0 radical (unpaired) electrons. The summed E-state index contributed by atoms with van der Waals surface area (Å²) in [5.74, 6) is 0.0177. The normalized spacial score (nSPS) is 10.7. The lowest BCUT2D eigenvalue weighted by Gasteiger charge is -2.12. The second-order valence-electron chi connectivity index (χ2n) is 5.96. The average molecular weight is 467 g/mol. The fourth-order valence-electron chi connectivity index (χ4n) is 2.61. The summed E-state index contributed by atoms with van der Waals surface area (Å²) in [4.78, 5) is 26.1. The average Bonchev–Trinajstić information content (AvgIpc) is 2.75. The Hall–Kier alpha value is -3.17. The van der Waals surface area contributed by atoms with E-state index in [9.17, 15) is 4.79 Å². The molecule has 0 fully saturated rings. The Morgan fingerprint density at radius 2 is 1.79 bits per heavy atom. The highest BCUT2D eigenvalue weighted by Gasteiger charge is 2.13. The molecule has 0 aliphatic heterocycles. The number of hydrogen-bond acceptors (Lipinski definition) is 7. The maximum absolute atomic E-state index is 12.3. The van der Waals surface area contributed by atoms with E-state index in [1.54, 1.807) is 30.5 Å². The van der Waals surface area contributed by atoms with Gasteiger partial charge in [0.25, 0.3) is 5.91 Å². The van der Waals surface area contributed by atoms with Crippen molar-refractivity contribution in [1.29, 1.82) is 0 Å². The number of hydrazine groups is 1. The number of hydrogen-bond donors (Lipinski definition) is 3. The number of nitrogens with one attached hydrogen (secondary N) is 2. The highest BCUT2D eigenvalue weighted by atomic mass is 79.9. The van der Waals surface area contributed by atoms with Crippen LogP contribution in [0.15, 0.2) is 81.5 Å². The second kappa shape index (κ2) is 8.46. The Morgan fingerprint density at radius 1 is 1.00 bits per heavy atom. The maximum atomic E-state index is 12.3. The van der Waals surface area contributed by atoms with Crippen molar-refractivity contribution in [2.75, 3.05) is 11.2 Å². The number of anilines is 2. The van der Waals surface area contributed by atoms with Gasteiger partial charge >= 0.3 is 0 Å². The molecule has 0 bridgehead atoms. The molecule has 0 saturated carbocycles. The van der Waals surface area contributed by atoms with Gasteiger partial charge in [0, 0.05) is 26.5 Å². The lowest BCUT2D eigenvalue weighted by atomic mass is 10.2. The maximum Gasteiger partial charge on any atom is 0.269 e. The van der Waals surface area contributed by atoms with E-state index in [1.165, 1.54) is 18.1 Å². The van der Waals surface area contributed by atoms with Gasteiger partial charge in [-0.25, -0.2) is 9.97 Å². The van der Waals surface area contributed by atoms with E-state index < -0.39 is 0 Å². The smallest absolute Gasteiger partial charge is 0.269 e. The zero-order chi connectivity index (χ0) is 20.2. The number of para-hydroxylation sites is 1. The Morgan fingerprint density at radius 3 is 2.62 bits per heavy atom. The Balaban J connectivity index is 1.53. The molecule has 0 unspecified atom stereocenters. The van der Waals surface area contributed by atoms with E-state index in [2.05, 4.69) is 41.7 Å². The molecule has 0 saturated heterocycles. The molecule has 0 atom stereocenters. The molecule has 9 heteroatoms. The first-order valence-corrected chi connectivity index (χ1v) is 10.2. The van der Waals surface area contributed by atoms with Gasteiger partial charge in [0.05, 0.1) is 5.52 Å². The Labute approximate surface area is 179 Å². The third kappa shape index (κ3) is 4.30. The fourth-order valence-corrected chi connectivity index (χ4v) is 3.81. The molecular weight excluding hydrogens is 452 g/mol. The molecule has 4 aromatic rings. The van der Waals surface area contributed by atoms with Crippen molar-refractivity contribution < 1.29 is 4.79 Å². The van der Waals surface area contributed by atoms with Gasteiger partial charge in [-0.3, -0.25) is 20.6 Å². The van der Waals surface area contributed by atoms with Crippen molar-refractivity contribution in [1.82, 2.24) is 20.4 Å². The molecule has 2 heterocycles. The zero-order valence-electron chi connectivity index (χ0n) is 15.0. The van der Waals surface area contributed by atoms with Crippen LogP contribution in [0.3, 0.4) is 0 Å². The van der Waals surface area contributed by atoms with Gasteiger partial charge in [-0.05, 0) is 36.4 Å². The number of fused-ring (bicyclic) bond motifs is 1. The molecule has 4 rings (SSSR count). The Bertz CT molecular complexity index is 1180. The molecule has 29 heavy (non-hydrogen) atoms. The van der Waals surface area contributed by atoms with Crippen molar-refractivity contribution in [3.63, 3.8) is 0 Å². The van der Waals surface area contributed by atoms with E-state index in [0.29, 0.717) is 22.1 Å². The summed E-state index contributed by atoms with van der Waals surface area (Å²) in [6.07, 6.45) is 3.14. The third-order valence-electron chi connectivity index (χ3n) is 4.05. The van der Waals surface area contributed by atoms with Crippen molar-refractivity contribution in [2.45, 2.75) is 9.92 Å². The second-order valence-corrected chi connectivity index (χ2v) is 7.91. The van der Waals surface area contributed by atoms with Gasteiger partial charge in [-0.1, -0.05) is 45.9 Å². The van der Waals surface area contributed by atoms with E-state index in [-0.39, 0.29) is 5.91 Å². The van der Waals surface area contributed by atoms with E-state index >= 15 is 0 Å². The van der Waals surface area contributed by atoms with Crippen LogP contribution in [0.2, 0.25) is 0 Å². The zero-order valence-corrected chi connectivity index (χ0v) is 17.4. The van der Waals surface area contributed by atoms with Gasteiger partial charge in [0.2, 0.25) is 0 Å². The van der Waals surface area contributed by atoms with Gasteiger partial charge in [0.15, 0.2) is 5.82 Å². The number of benzene rings is 2. The van der Waals surface area contributed by atoms with Crippen LogP contribution in [-0.4, -0.2) is 20.9 Å². The van der Waals surface area contributed by atoms with Crippen LogP contribution in [0.5, 0.6) is 0 Å². The topological polar surface area (TPSA) is 106 Å². The number of aromatic nitrogens is 3. The highest BCUT2D eigenvalue weighted by Crippen LogP contribution is 2.35. The highest BCUT2D eigenvalue weighted by molar-refractivity contribution is 9.10. The van der Waals surface area contributed by atoms with Crippen LogP contribution in [0, 0.1) is 0 Å². The van der Waals surface area contributed by atoms with Crippen molar-refractivity contribution in [3.8, 4) is 0 Å². The van der Waals surface area contributed by atoms with Crippen molar-refractivity contribution in [3.05, 3.63) is 77.2 Å². The molecule has 0 aliphatic rings. The summed E-state index contributed by atoms with van der Waals surface area (Å²) in [7, 11) is 0. The minimum atomic E-state index is -0.303. The Kier molecular flexibility index (Phi) is 5.59. The molecule has 144 valence electrons. The number of nitrogens with two attached hydrogens (primary N) is 1. The molecule has 0 spiro atoms. The van der Waals surface area contributed by atoms with Crippen molar-refractivity contribution >= 4 is 56.0 Å². The monoisotopic (exact) mass is 466 g/mol. The van der Waals surface area contributed by atoms with E-state index in [4.69, 9.17) is 5.73 Å². The predicted octanol–water partition coefficient (Wildman–Crippen LogP) is 4.28. The number of nitrogen functional groups attached to an aromatic ring is 1. The summed E-state index contributed by atoms with van der Waals surface area (Å²) in [5.41, 5.74) is 13.3. The summed E-state index contributed by atoms with van der Waals surface area (Å²) >= 11 is 4.74. The van der Waals surface area contributed by atoms with Gasteiger partial charge in [0.1, 0.15) is 17.0 Å². The quantitative estimate of drug-likeness (QED) is 0.297. The largest absolute Gasteiger partial charge is 0.393 e. The van der Waals surface area contributed by atoms with Crippen LogP contribution in [0.4, 0.5) is 11.5 Å². The van der Waals surface area contributed by atoms with Crippen LogP contribution >= 0.6 is 27.7 Å². The SMILES string of the molecule is Nc1c(NNC(=O)c2ccc(Br)cc2)ncnc1Sc1cccc2cccnc12. The molecule has 2 aromatic carbocycles. The lowest BCUT2D eigenvalue weighted by molar-refractivity contribution is 0.0962. The van der Waals surface area contributed by atoms with Gasteiger partial charge < -0.3 is 5.73 Å². The predicted molar refractivity (Wildman–Crippen MR) is 118 cm³/mol. The number of rotatable bonds is 5. The molecule has 1 amide bonds. The number of pyridine rings is 1. The third-order valence-corrected chi connectivity index (χ3v) is 5.65. The first kappa shape index (κ1) is 19.2. The number of carbonyl (C=O) groups is 1. The standard InChI is InChI=1S/C20H15BrN6OS/c21-14-8-6-13(7-9-14)19(28)27-26-18-16(22)20(25-11-24-18)29-15-5-1-3-12-4-2-10-23-17(12)15/h1-11H,22H2,(H,27,28)(H,24,25,26). The summed E-state index contributed by atoms with van der Waals surface area (Å²) in [5, 5.41) is 1.60. The van der Waals surface area contributed by atoms with E-state index in [1.807, 2.05) is 30.3 Å². The number of amides is 1. The van der Waals surface area contributed by atoms with E-state index in [0.717, 1.165) is 20.3 Å². The summed E-state index contributed by atoms with van der Waals surface area (Å²) in [6, 6.07) is 16.8. The van der Waals surface area contributed by atoms with Gasteiger partial charge in [-0.15, -0.1) is 0 Å². The lowest BCUT2D eigenvalue weighted by Crippen LogP contribution is -2.30. The summed E-state index contributed by atoms with van der Waals surface area (Å²) in [6.45, 7) is 0. The molecule has 0 aliphatic carbocycles. The molecule has 4 N–H and O–H groups in total. The van der Waals surface area contributed by atoms with Crippen LogP contribution < -0.4 is 16.6 Å². The van der Waals surface area contributed by atoms with Crippen LogP contribution in [0.25, 0.3) is 10.9 Å². The fraction of sp³-hybridized carbons (Fsp3) is 0. The number of carbonyl (C=O) groups excluding carboxylic acids is 1. The van der Waals surface area contributed by atoms with Crippen LogP contribution in [-0.2, 0) is 0 Å². The van der Waals surface area contributed by atoms with Gasteiger partial charge in [-0.2, -0.15) is 0 Å². The first-order chi connectivity index (χ1) is 14.1. The van der Waals surface area contributed by atoms with Crippen molar-refractivity contribution in [2.24, 2.45) is 0 Å². The number of halogens is 1. The summed E-state index contributed by atoms with van der Waals surface area (Å²) < 4.78 is 0.895. The molecule has 2 aromatic heterocycles.